The van der Waals surface area contributed by atoms with Crippen LogP contribution in [0.1, 0.15) is 45.1 Å². The molecule has 3 atom stereocenters. The maximum atomic E-state index is 12.5. The standard InChI is InChI=1S/C20H30F3N3O2S/c1-3-24-19(26-16-9-7-10-17(12-16)29(27)4-2)25-13-15-8-5-6-11-18(15)28-14-20(21,22)23/h5-6,8,11,16-17H,3-4,7,9-10,12-14H2,1-2H3,(H2,24,25,26). The SMILES string of the molecule is CCNC(=NCc1ccccc1OCC(F)(F)F)NC1CCCC(S(=O)CC)C1. The van der Waals surface area contributed by atoms with E-state index in [4.69, 9.17) is 4.74 Å². The number of hydrogen-bond donors (Lipinski definition) is 2. The molecule has 0 amide bonds. The van der Waals surface area contributed by atoms with Gasteiger partial charge in [-0.3, -0.25) is 4.21 Å². The van der Waals surface area contributed by atoms with E-state index < -0.39 is 23.6 Å². The largest absolute Gasteiger partial charge is 0.484 e. The zero-order valence-corrected chi connectivity index (χ0v) is 17.7. The maximum absolute atomic E-state index is 12.5. The predicted octanol–water partition coefficient (Wildman–Crippen LogP) is 3.76. The third-order valence-electron chi connectivity index (χ3n) is 4.74. The fourth-order valence-corrected chi connectivity index (χ4v) is 4.71. The average molecular weight is 434 g/mol. The first kappa shape index (κ1) is 23.5. The number of nitrogens with one attached hydrogen (secondary N) is 2. The Labute approximate surface area is 173 Å². The van der Waals surface area contributed by atoms with Crippen LogP contribution in [0.25, 0.3) is 0 Å². The Morgan fingerprint density at radius 1 is 1.28 bits per heavy atom. The fourth-order valence-electron chi connectivity index (χ4n) is 3.36. The van der Waals surface area contributed by atoms with Crippen molar-refractivity contribution in [1.29, 1.82) is 0 Å². The van der Waals surface area contributed by atoms with E-state index >= 15 is 0 Å². The molecule has 9 heteroatoms. The molecule has 164 valence electrons. The van der Waals surface area contributed by atoms with Crippen molar-refractivity contribution >= 4 is 16.8 Å². The van der Waals surface area contributed by atoms with E-state index in [-0.39, 0.29) is 23.6 Å². The quantitative estimate of drug-likeness (QED) is 0.484. The smallest absolute Gasteiger partial charge is 0.422 e. The first-order valence-electron chi connectivity index (χ1n) is 10.0. The van der Waals surface area contributed by atoms with E-state index in [2.05, 4.69) is 15.6 Å². The van der Waals surface area contributed by atoms with E-state index in [9.17, 15) is 17.4 Å². The van der Waals surface area contributed by atoms with Gasteiger partial charge in [0.25, 0.3) is 0 Å². The van der Waals surface area contributed by atoms with Gasteiger partial charge in [-0.15, -0.1) is 0 Å². The van der Waals surface area contributed by atoms with Crippen molar-refractivity contribution in [2.45, 2.75) is 63.5 Å². The monoisotopic (exact) mass is 433 g/mol. The number of benzene rings is 1. The topological polar surface area (TPSA) is 62.7 Å². The molecule has 1 aromatic carbocycles. The van der Waals surface area contributed by atoms with Crippen molar-refractivity contribution in [2.24, 2.45) is 4.99 Å². The third-order valence-corrected chi connectivity index (χ3v) is 6.48. The van der Waals surface area contributed by atoms with Gasteiger partial charge in [0.2, 0.25) is 0 Å². The number of para-hydroxylation sites is 1. The summed E-state index contributed by atoms with van der Waals surface area (Å²) in [6.45, 7) is 3.42. The minimum absolute atomic E-state index is 0.179. The highest BCUT2D eigenvalue weighted by atomic mass is 32.2. The number of hydrogen-bond acceptors (Lipinski definition) is 3. The molecule has 1 fully saturated rings. The van der Waals surface area contributed by atoms with Gasteiger partial charge in [-0.1, -0.05) is 31.5 Å². The molecule has 0 radical (unpaired) electrons. The van der Waals surface area contributed by atoms with Crippen molar-refractivity contribution in [3.8, 4) is 5.75 Å². The Hall–Kier alpha value is -1.77. The van der Waals surface area contributed by atoms with E-state index in [0.29, 0.717) is 23.8 Å². The lowest BCUT2D eigenvalue weighted by Gasteiger charge is -2.30. The molecular weight excluding hydrogens is 403 g/mol. The molecule has 1 saturated carbocycles. The Morgan fingerprint density at radius 2 is 2.03 bits per heavy atom. The zero-order valence-electron chi connectivity index (χ0n) is 16.9. The van der Waals surface area contributed by atoms with Crippen LogP contribution < -0.4 is 15.4 Å². The Bertz CT molecular complexity index is 698. The summed E-state index contributed by atoms with van der Waals surface area (Å²) in [5.74, 6) is 1.45. The van der Waals surface area contributed by atoms with Gasteiger partial charge in [-0.2, -0.15) is 13.2 Å². The highest BCUT2D eigenvalue weighted by Gasteiger charge is 2.29. The summed E-state index contributed by atoms with van der Waals surface area (Å²) < 4.78 is 54.5. The summed E-state index contributed by atoms with van der Waals surface area (Å²) in [6.07, 6.45) is -0.579. The minimum Gasteiger partial charge on any atom is -0.484 e. The van der Waals surface area contributed by atoms with E-state index in [1.54, 1.807) is 18.2 Å². The van der Waals surface area contributed by atoms with Crippen molar-refractivity contribution in [2.75, 3.05) is 18.9 Å². The van der Waals surface area contributed by atoms with Crippen molar-refractivity contribution in [1.82, 2.24) is 10.6 Å². The highest BCUT2D eigenvalue weighted by molar-refractivity contribution is 7.85. The molecule has 3 unspecified atom stereocenters. The van der Waals surface area contributed by atoms with Gasteiger partial charge >= 0.3 is 6.18 Å². The van der Waals surface area contributed by atoms with Gasteiger partial charge in [0.15, 0.2) is 12.6 Å². The normalized spacial score (nSPS) is 21.5. The molecule has 0 aromatic heterocycles. The van der Waals surface area contributed by atoms with E-state index in [0.717, 1.165) is 25.7 Å². The molecule has 1 aliphatic rings. The summed E-state index contributed by atoms with van der Waals surface area (Å²) in [5.41, 5.74) is 0.586. The van der Waals surface area contributed by atoms with Crippen molar-refractivity contribution in [3.05, 3.63) is 29.8 Å². The summed E-state index contributed by atoms with van der Waals surface area (Å²) in [5, 5.41) is 6.77. The van der Waals surface area contributed by atoms with Gasteiger partial charge in [0, 0.05) is 40.0 Å². The molecule has 0 spiro atoms. The van der Waals surface area contributed by atoms with Gasteiger partial charge in [-0.25, -0.2) is 4.99 Å². The van der Waals surface area contributed by atoms with E-state index in [1.165, 1.54) is 6.07 Å². The van der Waals surface area contributed by atoms with Gasteiger partial charge in [0.1, 0.15) is 5.75 Å². The van der Waals surface area contributed by atoms with E-state index in [1.807, 2.05) is 13.8 Å². The van der Waals surface area contributed by atoms with Gasteiger partial charge in [-0.05, 0) is 32.3 Å². The van der Waals surface area contributed by atoms with Gasteiger partial charge < -0.3 is 15.4 Å². The van der Waals surface area contributed by atoms with Crippen LogP contribution in [0.3, 0.4) is 0 Å². The third kappa shape index (κ3) is 8.24. The van der Waals surface area contributed by atoms with Crippen LogP contribution in [0.5, 0.6) is 5.75 Å². The number of nitrogens with zero attached hydrogens (tertiary/aromatic N) is 1. The van der Waals surface area contributed by atoms with Crippen LogP contribution in [0.2, 0.25) is 0 Å². The maximum Gasteiger partial charge on any atom is 0.422 e. The fraction of sp³-hybridized carbons (Fsp3) is 0.650. The molecule has 5 nitrogen and oxygen atoms in total. The van der Waals surface area contributed by atoms with Crippen LogP contribution in [0, 0.1) is 0 Å². The average Bonchev–Trinajstić information content (AvgIpc) is 2.70. The lowest BCUT2D eigenvalue weighted by Crippen LogP contribution is -2.46. The Balaban J connectivity index is 2.03. The van der Waals surface area contributed by atoms with Crippen LogP contribution >= 0.6 is 0 Å². The van der Waals surface area contributed by atoms with Crippen molar-refractivity contribution < 1.29 is 22.1 Å². The van der Waals surface area contributed by atoms with Gasteiger partial charge in [0.05, 0.1) is 6.54 Å². The molecule has 2 N–H and O–H groups in total. The second-order valence-electron chi connectivity index (χ2n) is 7.01. The summed E-state index contributed by atoms with van der Waals surface area (Å²) >= 11 is 0. The molecule has 29 heavy (non-hydrogen) atoms. The van der Waals surface area contributed by atoms with Crippen LogP contribution in [0.4, 0.5) is 13.2 Å². The lowest BCUT2D eigenvalue weighted by molar-refractivity contribution is -0.153. The predicted molar refractivity (Wildman–Crippen MR) is 111 cm³/mol. The number of ether oxygens (including phenoxy) is 1. The molecular formula is C20H30F3N3O2S. The van der Waals surface area contributed by atoms with Crippen LogP contribution in [0.15, 0.2) is 29.3 Å². The Morgan fingerprint density at radius 3 is 2.72 bits per heavy atom. The first-order chi connectivity index (χ1) is 13.8. The lowest BCUT2D eigenvalue weighted by atomic mass is 9.95. The number of guanidine groups is 1. The summed E-state index contributed by atoms with van der Waals surface area (Å²) in [7, 11) is -0.808. The molecule has 0 heterocycles. The zero-order chi connectivity index (χ0) is 21.3. The number of aliphatic imine (C=N–C) groups is 1. The van der Waals surface area contributed by atoms with Crippen LogP contribution in [-0.4, -0.2) is 46.5 Å². The van der Waals surface area contributed by atoms with Crippen molar-refractivity contribution in [3.63, 3.8) is 0 Å². The second kappa shape index (κ2) is 11.4. The molecule has 1 aromatic rings. The molecule has 0 aliphatic heterocycles. The Kier molecular flexibility index (Phi) is 9.26. The molecule has 2 rings (SSSR count). The molecule has 1 aliphatic carbocycles. The summed E-state index contributed by atoms with van der Waals surface area (Å²) in [6, 6.07) is 6.79. The molecule has 0 saturated heterocycles. The number of rotatable bonds is 8. The highest BCUT2D eigenvalue weighted by Crippen LogP contribution is 2.24. The first-order valence-corrected chi connectivity index (χ1v) is 11.4. The minimum atomic E-state index is -4.39. The number of halogens is 3. The summed E-state index contributed by atoms with van der Waals surface area (Å²) in [4.78, 5) is 4.53. The second-order valence-corrected chi connectivity index (χ2v) is 9.01. The van der Waals surface area contributed by atoms with Crippen LogP contribution in [-0.2, 0) is 17.3 Å². The number of alkyl halides is 3. The molecule has 0 bridgehead atoms.